The molecule has 0 saturated carbocycles. The number of anilines is 1. The fraction of sp³-hybridized carbons (Fsp3) is 0.0526. The maximum Gasteiger partial charge on any atom is 0.260 e. The molecule has 1 N–H and O–H groups in total. The van der Waals surface area contributed by atoms with Gasteiger partial charge in [-0.3, -0.25) is 9.78 Å². The summed E-state index contributed by atoms with van der Waals surface area (Å²) in [6.45, 7) is 1.62. The second kappa shape index (κ2) is 7.49. The lowest BCUT2D eigenvalue weighted by Gasteiger charge is -2.08. The third kappa shape index (κ3) is 3.51. The van der Waals surface area contributed by atoms with E-state index in [0.29, 0.717) is 22.3 Å². The number of amides is 1. The molecule has 0 radical (unpaired) electrons. The van der Waals surface area contributed by atoms with Crippen LogP contribution in [0.1, 0.15) is 15.9 Å². The summed E-state index contributed by atoms with van der Waals surface area (Å²) in [5.41, 5.74) is 1.16. The van der Waals surface area contributed by atoms with Gasteiger partial charge in [0.25, 0.3) is 5.91 Å². The first-order valence-electron chi connectivity index (χ1n) is 8.10. The molecule has 0 atom stereocenters. The minimum Gasteiger partial charge on any atom is -0.444 e. The van der Waals surface area contributed by atoms with Gasteiger partial charge in [-0.1, -0.05) is 11.6 Å². The van der Waals surface area contributed by atoms with Gasteiger partial charge < -0.3 is 9.73 Å². The SMILES string of the molecule is Cc1cncc(F)c1C(=O)Nc1ccc(-c2sc(-c3ncco3)cc2Cl)cn1. The maximum absolute atomic E-state index is 13.9. The third-order valence-electron chi connectivity index (χ3n) is 3.91. The van der Waals surface area contributed by atoms with Crippen LogP contribution in [0.3, 0.4) is 0 Å². The lowest BCUT2D eigenvalue weighted by atomic mass is 10.1. The molecule has 0 unspecified atom stereocenters. The Morgan fingerprint density at radius 3 is 2.79 bits per heavy atom. The van der Waals surface area contributed by atoms with Gasteiger partial charge in [-0.25, -0.2) is 14.4 Å². The summed E-state index contributed by atoms with van der Waals surface area (Å²) in [7, 11) is 0. The van der Waals surface area contributed by atoms with E-state index < -0.39 is 11.7 Å². The predicted octanol–water partition coefficient (Wildman–Crippen LogP) is 5.21. The molecule has 4 heterocycles. The fourth-order valence-corrected chi connectivity index (χ4v) is 4.00. The van der Waals surface area contributed by atoms with Crippen LogP contribution >= 0.6 is 22.9 Å². The second-order valence-corrected chi connectivity index (χ2v) is 7.28. The highest BCUT2D eigenvalue weighted by Gasteiger charge is 2.17. The third-order valence-corrected chi connectivity index (χ3v) is 5.50. The zero-order chi connectivity index (χ0) is 19.7. The molecular formula is C19H12ClFN4O2S. The van der Waals surface area contributed by atoms with Gasteiger partial charge in [-0.15, -0.1) is 11.3 Å². The molecule has 9 heteroatoms. The van der Waals surface area contributed by atoms with Gasteiger partial charge in [-0.2, -0.15) is 0 Å². The topological polar surface area (TPSA) is 80.9 Å². The predicted molar refractivity (Wildman–Crippen MR) is 105 cm³/mol. The van der Waals surface area contributed by atoms with Crippen molar-refractivity contribution in [2.45, 2.75) is 6.92 Å². The first kappa shape index (κ1) is 18.3. The van der Waals surface area contributed by atoms with Gasteiger partial charge in [0, 0.05) is 18.0 Å². The van der Waals surface area contributed by atoms with Gasteiger partial charge in [0.15, 0.2) is 5.82 Å². The highest BCUT2D eigenvalue weighted by molar-refractivity contribution is 7.19. The summed E-state index contributed by atoms with van der Waals surface area (Å²) >= 11 is 7.75. The van der Waals surface area contributed by atoms with E-state index in [-0.39, 0.29) is 5.56 Å². The number of pyridine rings is 2. The lowest BCUT2D eigenvalue weighted by Crippen LogP contribution is -2.16. The molecule has 0 fully saturated rings. The Labute approximate surface area is 168 Å². The Morgan fingerprint density at radius 2 is 2.11 bits per heavy atom. The lowest BCUT2D eigenvalue weighted by molar-refractivity contribution is 0.102. The van der Waals surface area contributed by atoms with E-state index in [2.05, 4.69) is 20.3 Å². The van der Waals surface area contributed by atoms with Crippen LogP contribution in [0.5, 0.6) is 0 Å². The van der Waals surface area contributed by atoms with Crippen LogP contribution in [-0.4, -0.2) is 20.9 Å². The monoisotopic (exact) mass is 414 g/mol. The Kier molecular flexibility index (Phi) is 4.89. The quantitative estimate of drug-likeness (QED) is 0.495. The Hall–Kier alpha value is -3.10. The molecule has 4 rings (SSSR count). The van der Waals surface area contributed by atoms with Crippen molar-refractivity contribution < 1.29 is 13.6 Å². The summed E-state index contributed by atoms with van der Waals surface area (Å²) in [5, 5.41) is 3.14. The average Bonchev–Trinajstić information content (AvgIpc) is 3.32. The van der Waals surface area contributed by atoms with E-state index in [1.54, 1.807) is 37.5 Å². The Balaban J connectivity index is 1.56. The number of carbonyl (C=O) groups is 1. The first-order valence-corrected chi connectivity index (χ1v) is 9.29. The highest BCUT2D eigenvalue weighted by atomic mass is 35.5. The first-order chi connectivity index (χ1) is 13.5. The van der Waals surface area contributed by atoms with Crippen LogP contribution in [0, 0.1) is 12.7 Å². The summed E-state index contributed by atoms with van der Waals surface area (Å²) in [4.78, 5) is 26.0. The van der Waals surface area contributed by atoms with Crippen LogP contribution in [0.4, 0.5) is 10.2 Å². The van der Waals surface area contributed by atoms with Crippen molar-refractivity contribution in [3.05, 3.63) is 71.2 Å². The van der Waals surface area contributed by atoms with E-state index in [1.165, 1.54) is 23.8 Å². The van der Waals surface area contributed by atoms with Crippen LogP contribution in [-0.2, 0) is 0 Å². The van der Waals surface area contributed by atoms with Crippen molar-refractivity contribution >= 4 is 34.7 Å². The van der Waals surface area contributed by atoms with Gasteiger partial charge in [0.05, 0.1) is 32.7 Å². The van der Waals surface area contributed by atoms with Gasteiger partial charge in [0.2, 0.25) is 5.89 Å². The number of nitrogens with zero attached hydrogens (tertiary/aromatic N) is 3. The van der Waals surface area contributed by atoms with E-state index in [0.717, 1.165) is 21.5 Å². The van der Waals surface area contributed by atoms with Crippen molar-refractivity contribution in [2.75, 3.05) is 5.32 Å². The standard InChI is InChI=1S/C19H12ClFN4O2S/c1-10-7-22-9-13(21)16(10)18(26)25-15-3-2-11(8-24-15)17-12(20)6-14(28-17)19-23-4-5-27-19/h2-9H,1H3,(H,24,25,26). The molecule has 6 nitrogen and oxygen atoms in total. The van der Waals surface area contributed by atoms with Crippen LogP contribution in [0.2, 0.25) is 5.02 Å². The normalized spacial score (nSPS) is 10.8. The number of aromatic nitrogens is 3. The number of rotatable bonds is 4. The largest absolute Gasteiger partial charge is 0.444 e. The molecule has 0 aliphatic carbocycles. The Morgan fingerprint density at radius 1 is 1.25 bits per heavy atom. The molecule has 4 aromatic heterocycles. The minimum atomic E-state index is -0.682. The van der Waals surface area contributed by atoms with E-state index >= 15 is 0 Å². The molecule has 0 aromatic carbocycles. The molecule has 0 spiro atoms. The number of nitrogens with one attached hydrogen (secondary N) is 1. The van der Waals surface area contributed by atoms with Crippen molar-refractivity contribution in [3.8, 4) is 21.2 Å². The van der Waals surface area contributed by atoms with Crippen molar-refractivity contribution in [3.63, 3.8) is 0 Å². The smallest absolute Gasteiger partial charge is 0.260 e. The molecule has 0 aliphatic rings. The van der Waals surface area contributed by atoms with Crippen molar-refractivity contribution in [2.24, 2.45) is 0 Å². The second-order valence-electron chi connectivity index (χ2n) is 5.82. The van der Waals surface area contributed by atoms with Crippen LogP contribution in [0.25, 0.3) is 21.2 Å². The molecule has 0 aliphatic heterocycles. The summed E-state index contributed by atoms with van der Waals surface area (Å²) in [6, 6.07) is 5.18. The van der Waals surface area contributed by atoms with Gasteiger partial charge in [-0.05, 0) is 30.7 Å². The van der Waals surface area contributed by atoms with E-state index in [9.17, 15) is 9.18 Å². The molecule has 140 valence electrons. The van der Waals surface area contributed by atoms with Crippen LogP contribution in [0.15, 0.2) is 53.7 Å². The van der Waals surface area contributed by atoms with Gasteiger partial charge >= 0.3 is 0 Å². The molecule has 0 saturated heterocycles. The van der Waals surface area contributed by atoms with E-state index in [1.807, 2.05) is 0 Å². The summed E-state index contributed by atoms with van der Waals surface area (Å²) < 4.78 is 19.2. The molecule has 1 amide bonds. The number of aryl methyl sites for hydroxylation is 1. The summed E-state index contributed by atoms with van der Waals surface area (Å²) in [5.74, 6) is -0.480. The number of oxazole rings is 1. The Bertz CT molecular complexity index is 1120. The van der Waals surface area contributed by atoms with Crippen LogP contribution < -0.4 is 5.32 Å². The molecule has 4 aromatic rings. The zero-order valence-electron chi connectivity index (χ0n) is 14.4. The molecule has 0 bridgehead atoms. The number of thiophene rings is 1. The maximum atomic E-state index is 13.9. The number of halogens is 2. The molecular weight excluding hydrogens is 403 g/mol. The minimum absolute atomic E-state index is 0.0576. The number of hydrogen-bond donors (Lipinski definition) is 1. The van der Waals surface area contributed by atoms with Crippen molar-refractivity contribution in [1.29, 1.82) is 0 Å². The van der Waals surface area contributed by atoms with E-state index in [4.69, 9.17) is 16.0 Å². The number of hydrogen-bond acceptors (Lipinski definition) is 6. The van der Waals surface area contributed by atoms with Crippen molar-refractivity contribution in [1.82, 2.24) is 15.0 Å². The molecule has 28 heavy (non-hydrogen) atoms. The number of carbonyl (C=O) groups excluding carboxylic acids is 1. The highest BCUT2D eigenvalue weighted by Crippen LogP contribution is 2.40. The summed E-state index contributed by atoms with van der Waals surface area (Å²) in [6.07, 6.45) is 7.08. The zero-order valence-corrected chi connectivity index (χ0v) is 16.0. The average molecular weight is 415 g/mol. The fourth-order valence-electron chi connectivity index (χ4n) is 2.62. The van der Waals surface area contributed by atoms with Gasteiger partial charge in [0.1, 0.15) is 12.1 Å².